The number of pyridine rings is 1. The minimum Gasteiger partial charge on any atom is -0.252 e. The fourth-order valence-electron chi connectivity index (χ4n) is 3.28. The Kier molecular flexibility index (Phi) is 5.57. The summed E-state index contributed by atoms with van der Waals surface area (Å²) >= 11 is 3.49. The average Bonchev–Trinajstić information content (AvgIpc) is 2.60. The molecule has 134 valence electrons. The maximum Gasteiger partial charge on any atom is 0.106 e. The summed E-state index contributed by atoms with van der Waals surface area (Å²) in [6, 6.07) is 16.9. The Labute approximate surface area is 164 Å². The molecule has 0 bridgehead atoms. The second-order valence-electron chi connectivity index (χ2n) is 7.30. The predicted octanol–water partition coefficient (Wildman–Crippen LogP) is 7.38. The summed E-state index contributed by atoms with van der Waals surface area (Å²) in [5.74, 6) is 0.861. The smallest absolute Gasteiger partial charge is 0.106 e. The molecule has 0 radical (unpaired) electrons. The molecule has 1 aromatic heterocycles. The van der Waals surface area contributed by atoms with Gasteiger partial charge >= 0.3 is 0 Å². The summed E-state index contributed by atoms with van der Waals surface area (Å²) in [6.45, 7) is 11.0. The Balaban J connectivity index is 2.22. The Hall–Kier alpha value is -2.00. The summed E-state index contributed by atoms with van der Waals surface area (Å²) in [4.78, 5) is 9.80. The van der Waals surface area contributed by atoms with E-state index in [1.54, 1.807) is 0 Å². The summed E-state index contributed by atoms with van der Waals surface area (Å²) in [6.07, 6.45) is 0. The zero-order valence-corrected chi connectivity index (χ0v) is 17.6. The molecule has 0 aliphatic carbocycles. The molecule has 1 heterocycles. The van der Waals surface area contributed by atoms with Gasteiger partial charge in [-0.25, -0.2) is 4.98 Å². The van der Waals surface area contributed by atoms with Crippen LogP contribution in [0.2, 0.25) is 0 Å². The van der Waals surface area contributed by atoms with Crippen LogP contribution >= 0.6 is 15.9 Å². The molecule has 0 saturated carbocycles. The van der Waals surface area contributed by atoms with Gasteiger partial charge in [0.1, 0.15) is 4.60 Å². The van der Waals surface area contributed by atoms with Gasteiger partial charge in [-0.15, -0.1) is 0 Å². The lowest BCUT2D eigenvalue weighted by atomic mass is 9.92. The zero-order valence-electron chi connectivity index (χ0n) is 16.0. The number of hydrogen-bond acceptors (Lipinski definition) is 2. The van der Waals surface area contributed by atoms with Crippen molar-refractivity contribution in [2.24, 2.45) is 4.99 Å². The molecule has 0 aliphatic rings. The lowest BCUT2D eigenvalue weighted by molar-refractivity contribution is 0.834. The maximum atomic E-state index is 5.11. The molecule has 2 aromatic carbocycles. The van der Waals surface area contributed by atoms with E-state index in [-0.39, 0.29) is 0 Å². The SMILES string of the molecule is C/C(=N\c1c(C(C)C)cccc1C(C)C)c1cccc2ccc(Br)nc12. The first kappa shape index (κ1) is 18.8. The van der Waals surface area contributed by atoms with Crippen LogP contribution in [0.25, 0.3) is 10.9 Å². The van der Waals surface area contributed by atoms with Gasteiger partial charge in [0.2, 0.25) is 0 Å². The highest BCUT2D eigenvalue weighted by atomic mass is 79.9. The number of hydrogen-bond donors (Lipinski definition) is 0. The van der Waals surface area contributed by atoms with Crippen LogP contribution in [-0.4, -0.2) is 10.7 Å². The van der Waals surface area contributed by atoms with Crippen molar-refractivity contribution >= 4 is 38.2 Å². The topological polar surface area (TPSA) is 25.2 Å². The number of benzene rings is 2. The number of fused-ring (bicyclic) bond motifs is 1. The molecule has 3 rings (SSSR count). The molecular weight excluding hydrogens is 384 g/mol. The molecule has 3 heteroatoms. The molecular formula is C23H25BrN2. The van der Waals surface area contributed by atoms with E-state index < -0.39 is 0 Å². The highest BCUT2D eigenvalue weighted by Gasteiger charge is 2.14. The molecule has 0 N–H and O–H groups in total. The molecule has 0 amide bonds. The van der Waals surface area contributed by atoms with Gasteiger partial charge in [-0.3, -0.25) is 4.99 Å². The average molecular weight is 409 g/mol. The summed E-state index contributed by atoms with van der Waals surface area (Å²) in [7, 11) is 0. The fourth-order valence-corrected chi connectivity index (χ4v) is 3.59. The van der Waals surface area contributed by atoms with E-state index in [1.807, 2.05) is 6.07 Å². The fraction of sp³-hybridized carbons (Fsp3) is 0.304. The number of aliphatic imine (C=N–C) groups is 1. The van der Waals surface area contributed by atoms with Crippen molar-refractivity contribution in [1.29, 1.82) is 0 Å². The minimum absolute atomic E-state index is 0.431. The van der Waals surface area contributed by atoms with Crippen LogP contribution in [0.1, 0.15) is 63.1 Å². The van der Waals surface area contributed by atoms with Gasteiger partial charge in [-0.1, -0.05) is 70.2 Å². The number of rotatable bonds is 4. The molecule has 3 aromatic rings. The quantitative estimate of drug-likeness (QED) is 0.326. The Morgan fingerprint density at radius 2 is 1.50 bits per heavy atom. The monoisotopic (exact) mass is 408 g/mol. The van der Waals surface area contributed by atoms with E-state index in [1.165, 1.54) is 11.1 Å². The van der Waals surface area contributed by atoms with E-state index in [9.17, 15) is 0 Å². The highest BCUT2D eigenvalue weighted by Crippen LogP contribution is 2.35. The molecule has 0 fully saturated rings. The summed E-state index contributed by atoms with van der Waals surface area (Å²) < 4.78 is 0.843. The first-order valence-corrected chi connectivity index (χ1v) is 9.91. The van der Waals surface area contributed by atoms with Crippen molar-refractivity contribution in [1.82, 2.24) is 4.98 Å². The van der Waals surface area contributed by atoms with Crippen molar-refractivity contribution in [3.63, 3.8) is 0 Å². The minimum atomic E-state index is 0.431. The van der Waals surface area contributed by atoms with Crippen LogP contribution in [-0.2, 0) is 0 Å². The molecule has 26 heavy (non-hydrogen) atoms. The first-order valence-electron chi connectivity index (χ1n) is 9.12. The van der Waals surface area contributed by atoms with Gasteiger partial charge in [0.15, 0.2) is 0 Å². The van der Waals surface area contributed by atoms with E-state index >= 15 is 0 Å². The van der Waals surface area contributed by atoms with Crippen LogP contribution < -0.4 is 0 Å². The Morgan fingerprint density at radius 3 is 2.12 bits per heavy atom. The maximum absolute atomic E-state index is 5.11. The third-order valence-corrected chi connectivity index (χ3v) is 5.14. The second-order valence-corrected chi connectivity index (χ2v) is 8.12. The second kappa shape index (κ2) is 7.71. The van der Waals surface area contributed by atoms with Crippen molar-refractivity contribution in [3.05, 3.63) is 69.8 Å². The first-order chi connectivity index (χ1) is 12.4. The van der Waals surface area contributed by atoms with E-state index in [0.29, 0.717) is 11.8 Å². The summed E-state index contributed by atoms with van der Waals surface area (Å²) in [5, 5.41) is 1.13. The van der Waals surface area contributed by atoms with Crippen molar-refractivity contribution in [2.75, 3.05) is 0 Å². The molecule has 0 atom stereocenters. The van der Waals surface area contributed by atoms with E-state index in [4.69, 9.17) is 4.99 Å². The third kappa shape index (κ3) is 3.73. The van der Waals surface area contributed by atoms with Gasteiger partial charge in [0.25, 0.3) is 0 Å². The molecule has 0 spiro atoms. The van der Waals surface area contributed by atoms with Gasteiger partial charge in [0.05, 0.1) is 11.2 Å². The van der Waals surface area contributed by atoms with E-state index in [0.717, 1.165) is 32.5 Å². The van der Waals surface area contributed by atoms with E-state index in [2.05, 4.69) is 98.0 Å². The van der Waals surface area contributed by atoms with Gasteiger partial charge in [0, 0.05) is 16.7 Å². The normalized spacial score (nSPS) is 12.4. The summed E-state index contributed by atoms with van der Waals surface area (Å²) in [5.41, 5.74) is 6.77. The van der Waals surface area contributed by atoms with Crippen LogP contribution in [0, 0.1) is 0 Å². The van der Waals surface area contributed by atoms with Crippen LogP contribution in [0.4, 0.5) is 5.69 Å². The highest BCUT2D eigenvalue weighted by molar-refractivity contribution is 9.10. The zero-order chi connectivity index (χ0) is 18.8. The van der Waals surface area contributed by atoms with Crippen molar-refractivity contribution in [2.45, 2.75) is 46.5 Å². The molecule has 2 nitrogen and oxygen atoms in total. The van der Waals surface area contributed by atoms with Crippen LogP contribution in [0.3, 0.4) is 0 Å². The molecule has 0 aliphatic heterocycles. The van der Waals surface area contributed by atoms with Gasteiger partial charge in [-0.2, -0.15) is 0 Å². The van der Waals surface area contributed by atoms with Crippen molar-refractivity contribution < 1.29 is 0 Å². The number of nitrogens with zero attached hydrogens (tertiary/aromatic N) is 2. The number of aromatic nitrogens is 1. The van der Waals surface area contributed by atoms with Crippen LogP contribution in [0.5, 0.6) is 0 Å². The predicted molar refractivity (Wildman–Crippen MR) is 116 cm³/mol. The lowest BCUT2D eigenvalue weighted by Gasteiger charge is -2.17. The lowest BCUT2D eigenvalue weighted by Crippen LogP contribution is -2.01. The van der Waals surface area contributed by atoms with Crippen LogP contribution in [0.15, 0.2) is 58.1 Å². The molecule has 0 saturated heterocycles. The Morgan fingerprint density at radius 1 is 0.885 bits per heavy atom. The third-order valence-electron chi connectivity index (χ3n) is 4.70. The molecule has 0 unspecified atom stereocenters. The van der Waals surface area contributed by atoms with Gasteiger partial charge in [-0.05, 0) is 51.9 Å². The van der Waals surface area contributed by atoms with Crippen molar-refractivity contribution in [3.8, 4) is 0 Å². The van der Waals surface area contributed by atoms with Gasteiger partial charge < -0.3 is 0 Å². The largest absolute Gasteiger partial charge is 0.252 e. The standard InChI is InChI=1S/C23H25BrN2/c1-14(2)18-9-7-10-19(15(3)4)23(18)25-16(5)20-11-6-8-17-12-13-21(24)26-22(17)20/h6-15H,1-5H3/b25-16+. The number of halogens is 1. The number of para-hydroxylation sites is 2. The Bertz CT molecular complexity index is 945.